The maximum atomic E-state index is 13.0. The number of benzene rings is 1. The summed E-state index contributed by atoms with van der Waals surface area (Å²) < 4.78 is 4.06. The molecule has 0 spiro atoms. The minimum absolute atomic E-state index is 0.255. The Hall–Kier alpha value is -3.13. The van der Waals surface area contributed by atoms with E-state index in [0.29, 0.717) is 24.3 Å². The SMILES string of the molecule is CC1CC(C)CN(C(=O)CN2C[C@H](c3ccc(Cl)cc3)[C@@H](c3csnn3)C2)C1.O=C(O)CC(O)(CC(=O)O)C(=O)O. The van der Waals surface area contributed by atoms with Crippen LogP contribution in [-0.4, -0.2) is 102 Å². The third-order valence-corrected chi connectivity index (χ3v) is 8.09. The van der Waals surface area contributed by atoms with Gasteiger partial charge in [0.25, 0.3) is 0 Å². The van der Waals surface area contributed by atoms with E-state index in [2.05, 4.69) is 45.4 Å². The summed E-state index contributed by atoms with van der Waals surface area (Å²) in [4.78, 5) is 47.8. The number of aliphatic carboxylic acids is 3. The van der Waals surface area contributed by atoms with E-state index in [1.165, 1.54) is 23.5 Å². The summed E-state index contributed by atoms with van der Waals surface area (Å²) in [6.07, 6.45) is -1.08. The summed E-state index contributed by atoms with van der Waals surface area (Å²) in [6, 6.07) is 8.08. The van der Waals surface area contributed by atoms with Crippen LogP contribution in [-0.2, 0) is 19.2 Å². The standard InChI is InChI=1S/C21H27ClN4OS.C6H8O7/c1-14-7-15(2)9-26(8-14)21(27)12-25-10-18(16-3-5-17(22)6-4-16)19(11-25)20-13-28-24-23-20;7-3(8)1-6(13,5(11)12)2-4(9)10/h3-6,13-15,18-19H,7-12H2,1-2H3;13H,1-2H2,(H,7,8)(H,9,10)(H,11,12)/t14?,15?,18-,19+;/m1./s1. The molecule has 2 saturated heterocycles. The van der Waals surface area contributed by atoms with E-state index >= 15 is 0 Å². The first-order valence-corrected chi connectivity index (χ1v) is 14.4. The molecule has 0 radical (unpaired) electrons. The van der Waals surface area contributed by atoms with Crippen molar-refractivity contribution in [1.82, 2.24) is 19.4 Å². The molecule has 0 bridgehead atoms. The van der Waals surface area contributed by atoms with Crippen molar-refractivity contribution in [3.05, 3.63) is 45.9 Å². The molecule has 12 nitrogen and oxygen atoms in total. The Labute approximate surface area is 246 Å². The smallest absolute Gasteiger partial charge is 0.336 e. The molecule has 1 aromatic heterocycles. The topological polar surface area (TPSA) is 181 Å². The molecule has 4 N–H and O–H groups in total. The van der Waals surface area contributed by atoms with Gasteiger partial charge in [-0.15, -0.1) is 5.10 Å². The zero-order chi connectivity index (χ0) is 30.3. The quantitative estimate of drug-likeness (QED) is 0.327. The molecular formula is C27H35ClN4O8S. The molecule has 1 amide bonds. The number of halogens is 1. The maximum Gasteiger partial charge on any atom is 0.336 e. The fraction of sp³-hybridized carbons (Fsp3) is 0.556. The highest BCUT2D eigenvalue weighted by Crippen LogP contribution is 2.39. The Morgan fingerprint density at radius 2 is 1.51 bits per heavy atom. The van der Waals surface area contributed by atoms with Gasteiger partial charge in [-0.05, 0) is 47.5 Å². The lowest BCUT2D eigenvalue weighted by Gasteiger charge is -2.35. The van der Waals surface area contributed by atoms with Crippen molar-refractivity contribution in [3.63, 3.8) is 0 Å². The second-order valence-electron chi connectivity index (χ2n) is 11.0. The average Bonchev–Trinajstić information content (AvgIpc) is 3.53. The first-order chi connectivity index (χ1) is 19.3. The number of nitrogens with zero attached hydrogens (tertiary/aromatic N) is 4. The van der Waals surface area contributed by atoms with Crippen molar-refractivity contribution in [3.8, 4) is 0 Å². The molecular weight excluding hydrogens is 576 g/mol. The molecule has 2 fully saturated rings. The van der Waals surface area contributed by atoms with E-state index < -0.39 is 36.4 Å². The first-order valence-electron chi connectivity index (χ1n) is 13.2. The number of rotatable bonds is 9. The van der Waals surface area contributed by atoms with Crippen molar-refractivity contribution >= 4 is 46.9 Å². The van der Waals surface area contributed by atoms with Crippen molar-refractivity contribution in [1.29, 1.82) is 0 Å². The van der Waals surface area contributed by atoms with Crippen LogP contribution in [0.5, 0.6) is 0 Å². The summed E-state index contributed by atoms with van der Waals surface area (Å²) in [5.41, 5.74) is -0.463. The van der Waals surface area contributed by atoms with E-state index in [1.54, 1.807) is 0 Å². The van der Waals surface area contributed by atoms with Gasteiger partial charge in [0, 0.05) is 48.4 Å². The normalized spacial score (nSPS) is 23.0. The van der Waals surface area contributed by atoms with Gasteiger partial charge in [-0.2, -0.15) is 0 Å². The van der Waals surface area contributed by atoms with Crippen LogP contribution < -0.4 is 0 Å². The first kappa shape index (κ1) is 32.4. The van der Waals surface area contributed by atoms with E-state index in [1.807, 2.05) is 17.5 Å². The minimum Gasteiger partial charge on any atom is -0.481 e. The van der Waals surface area contributed by atoms with E-state index in [-0.39, 0.29) is 11.8 Å². The maximum absolute atomic E-state index is 13.0. The molecule has 14 heteroatoms. The number of aliphatic hydroxyl groups is 1. The fourth-order valence-corrected chi connectivity index (χ4v) is 6.21. The van der Waals surface area contributed by atoms with E-state index in [0.717, 1.165) is 36.9 Å². The van der Waals surface area contributed by atoms with Crippen LogP contribution >= 0.6 is 23.1 Å². The number of piperidine rings is 1. The lowest BCUT2D eigenvalue weighted by Crippen LogP contribution is -2.46. The Morgan fingerprint density at radius 1 is 0.951 bits per heavy atom. The summed E-state index contributed by atoms with van der Waals surface area (Å²) in [5, 5.41) is 40.9. The molecule has 224 valence electrons. The monoisotopic (exact) mass is 610 g/mol. The fourth-order valence-electron chi connectivity index (χ4n) is 5.57. The number of amides is 1. The molecule has 3 heterocycles. The Morgan fingerprint density at radius 3 is 2.00 bits per heavy atom. The van der Waals surface area contributed by atoms with Crippen LogP contribution in [0.15, 0.2) is 29.6 Å². The molecule has 2 aromatic rings. The van der Waals surface area contributed by atoms with Crippen molar-refractivity contribution in [2.45, 2.75) is 50.5 Å². The number of carbonyl (C=O) groups is 4. The summed E-state index contributed by atoms with van der Waals surface area (Å²) in [6.45, 7) is 8.44. The molecule has 0 saturated carbocycles. The highest BCUT2D eigenvalue weighted by atomic mass is 35.5. The van der Waals surface area contributed by atoms with Gasteiger partial charge in [0.05, 0.1) is 25.1 Å². The van der Waals surface area contributed by atoms with Gasteiger partial charge in [0.2, 0.25) is 5.91 Å². The predicted octanol–water partition coefficient (Wildman–Crippen LogP) is 2.63. The van der Waals surface area contributed by atoms with Gasteiger partial charge in [0.1, 0.15) is 0 Å². The molecule has 1 aromatic carbocycles. The number of likely N-dealkylation sites (tertiary alicyclic amines) is 2. The van der Waals surface area contributed by atoms with Crippen LogP contribution in [0.25, 0.3) is 0 Å². The van der Waals surface area contributed by atoms with Crippen LogP contribution in [0, 0.1) is 11.8 Å². The number of aromatic nitrogens is 2. The highest BCUT2D eigenvalue weighted by molar-refractivity contribution is 7.03. The second kappa shape index (κ2) is 14.2. The van der Waals surface area contributed by atoms with E-state index in [9.17, 15) is 19.2 Å². The van der Waals surface area contributed by atoms with Gasteiger partial charge in [-0.25, -0.2) is 4.79 Å². The van der Waals surface area contributed by atoms with Gasteiger partial charge in [-0.3, -0.25) is 19.3 Å². The third-order valence-electron chi connectivity index (χ3n) is 7.32. The number of hydrogen-bond acceptors (Lipinski definition) is 9. The van der Waals surface area contributed by atoms with Crippen LogP contribution in [0.2, 0.25) is 5.02 Å². The predicted molar refractivity (Wildman–Crippen MR) is 150 cm³/mol. The molecule has 2 unspecified atom stereocenters. The summed E-state index contributed by atoms with van der Waals surface area (Å²) in [7, 11) is 0. The molecule has 4 atom stereocenters. The number of hydrogen-bond donors (Lipinski definition) is 4. The van der Waals surface area contributed by atoms with Gasteiger partial charge in [-0.1, -0.05) is 42.1 Å². The van der Waals surface area contributed by atoms with Gasteiger partial charge in [0.15, 0.2) is 5.60 Å². The van der Waals surface area contributed by atoms with Gasteiger partial charge >= 0.3 is 17.9 Å². The van der Waals surface area contributed by atoms with E-state index in [4.69, 9.17) is 32.0 Å². The minimum atomic E-state index is -2.74. The number of carboxylic acid groups (broad SMARTS) is 3. The van der Waals surface area contributed by atoms with Crippen LogP contribution in [0.4, 0.5) is 0 Å². The third kappa shape index (κ3) is 9.18. The van der Waals surface area contributed by atoms with Crippen LogP contribution in [0.1, 0.15) is 56.2 Å². The molecule has 2 aliphatic rings. The largest absolute Gasteiger partial charge is 0.481 e. The summed E-state index contributed by atoms with van der Waals surface area (Å²) in [5.74, 6) is -3.04. The Kier molecular flexibility index (Phi) is 11.2. The van der Waals surface area contributed by atoms with Crippen molar-refractivity contribution < 1.29 is 39.6 Å². The summed E-state index contributed by atoms with van der Waals surface area (Å²) >= 11 is 7.47. The molecule has 4 rings (SSSR count). The zero-order valence-corrected chi connectivity index (χ0v) is 24.4. The lowest BCUT2D eigenvalue weighted by atomic mass is 9.87. The molecule has 0 aliphatic carbocycles. The number of carbonyl (C=O) groups excluding carboxylic acids is 1. The van der Waals surface area contributed by atoms with Crippen molar-refractivity contribution in [2.75, 3.05) is 32.7 Å². The van der Waals surface area contributed by atoms with Gasteiger partial charge < -0.3 is 25.3 Å². The number of carboxylic acids is 3. The highest BCUT2D eigenvalue weighted by Gasteiger charge is 2.41. The van der Waals surface area contributed by atoms with Crippen molar-refractivity contribution in [2.24, 2.45) is 11.8 Å². The molecule has 41 heavy (non-hydrogen) atoms. The Bertz CT molecular complexity index is 1190. The zero-order valence-electron chi connectivity index (χ0n) is 22.8. The Balaban J connectivity index is 0.000000302. The molecule has 2 aliphatic heterocycles. The average molecular weight is 611 g/mol. The van der Waals surface area contributed by atoms with Crippen LogP contribution in [0.3, 0.4) is 0 Å². The second-order valence-corrected chi connectivity index (χ2v) is 12.1. The lowest BCUT2D eigenvalue weighted by molar-refractivity contribution is -0.170.